The normalized spacial score (nSPS) is 14.0. The number of nitrogens with one attached hydrogen (secondary N) is 2. The number of carbonyl (C=O) groups excluding carboxylic acids is 1. The van der Waals surface area contributed by atoms with E-state index in [1.807, 2.05) is 20.8 Å². The summed E-state index contributed by atoms with van der Waals surface area (Å²) in [4.78, 5) is 11.9. The average Bonchev–Trinajstić information content (AvgIpc) is 2.36. The molecule has 1 aromatic rings. The van der Waals surface area contributed by atoms with Crippen LogP contribution in [0.1, 0.15) is 32.4 Å². The van der Waals surface area contributed by atoms with E-state index in [0.717, 1.165) is 12.1 Å². The highest BCUT2D eigenvalue weighted by Gasteiger charge is 2.15. The lowest BCUT2D eigenvalue weighted by Gasteiger charge is -2.18. The van der Waals surface area contributed by atoms with Crippen molar-refractivity contribution in [2.24, 2.45) is 5.92 Å². The Balaban J connectivity index is 2.51. The van der Waals surface area contributed by atoms with Crippen LogP contribution in [0.25, 0.3) is 0 Å². The fourth-order valence-corrected chi connectivity index (χ4v) is 1.64. The van der Waals surface area contributed by atoms with Crippen molar-refractivity contribution in [2.75, 3.05) is 13.1 Å². The van der Waals surface area contributed by atoms with E-state index in [2.05, 4.69) is 10.6 Å². The van der Waals surface area contributed by atoms with E-state index >= 15 is 0 Å². The molecule has 0 aliphatic heterocycles. The number of benzene rings is 1. The van der Waals surface area contributed by atoms with Gasteiger partial charge in [-0.05, 0) is 31.2 Å². The van der Waals surface area contributed by atoms with Gasteiger partial charge >= 0.3 is 0 Å². The average molecular weight is 252 g/mol. The Kier molecular flexibility index (Phi) is 5.78. The number of rotatable bonds is 6. The summed E-state index contributed by atoms with van der Waals surface area (Å²) in [6.07, 6.45) is 0. The second-order valence-electron chi connectivity index (χ2n) is 4.49. The van der Waals surface area contributed by atoms with Crippen molar-refractivity contribution in [1.29, 1.82) is 0 Å². The maximum absolute atomic E-state index is 12.8. The smallest absolute Gasteiger partial charge is 0.224 e. The van der Waals surface area contributed by atoms with Crippen molar-refractivity contribution in [2.45, 2.75) is 26.8 Å². The van der Waals surface area contributed by atoms with Crippen LogP contribution in [-0.4, -0.2) is 19.0 Å². The molecule has 1 amide bonds. The molecule has 18 heavy (non-hydrogen) atoms. The molecular weight excluding hydrogens is 231 g/mol. The van der Waals surface area contributed by atoms with Crippen LogP contribution in [0.2, 0.25) is 0 Å². The number of hydrogen-bond acceptors (Lipinski definition) is 2. The Morgan fingerprint density at radius 2 is 1.89 bits per heavy atom. The number of amides is 1. The fraction of sp³-hybridized carbons (Fsp3) is 0.500. The van der Waals surface area contributed by atoms with Gasteiger partial charge in [0.05, 0.1) is 6.04 Å². The zero-order valence-corrected chi connectivity index (χ0v) is 11.2. The predicted octanol–water partition coefficient (Wildman–Crippen LogP) is 2.25. The molecule has 0 radical (unpaired) electrons. The largest absolute Gasteiger partial charge is 0.349 e. The molecule has 2 unspecified atom stereocenters. The maximum Gasteiger partial charge on any atom is 0.224 e. The summed E-state index contributed by atoms with van der Waals surface area (Å²) in [5.74, 6) is -0.335. The lowest BCUT2D eigenvalue weighted by Crippen LogP contribution is -2.36. The minimum atomic E-state index is -0.266. The van der Waals surface area contributed by atoms with Crippen LogP contribution in [0.3, 0.4) is 0 Å². The first-order chi connectivity index (χ1) is 8.54. The third-order valence-electron chi connectivity index (χ3n) is 2.88. The third kappa shape index (κ3) is 4.45. The molecule has 0 heterocycles. The summed E-state index contributed by atoms with van der Waals surface area (Å²) in [7, 11) is 0. The van der Waals surface area contributed by atoms with Crippen molar-refractivity contribution < 1.29 is 9.18 Å². The lowest BCUT2D eigenvalue weighted by atomic mass is 10.1. The predicted molar refractivity (Wildman–Crippen MR) is 70.7 cm³/mol. The summed E-state index contributed by atoms with van der Waals surface area (Å²) in [5.41, 5.74) is 0.903. The van der Waals surface area contributed by atoms with Gasteiger partial charge in [-0.25, -0.2) is 4.39 Å². The van der Waals surface area contributed by atoms with E-state index in [0.29, 0.717) is 6.54 Å². The molecule has 100 valence electrons. The van der Waals surface area contributed by atoms with Gasteiger partial charge in [0.2, 0.25) is 5.91 Å². The second kappa shape index (κ2) is 7.11. The Labute approximate surface area is 108 Å². The van der Waals surface area contributed by atoms with Gasteiger partial charge in [0.1, 0.15) is 5.82 Å². The molecular formula is C14H21FN2O. The number of hydrogen-bond donors (Lipinski definition) is 2. The van der Waals surface area contributed by atoms with Gasteiger partial charge in [-0.1, -0.05) is 26.0 Å². The molecule has 0 saturated carbocycles. The molecule has 2 N–H and O–H groups in total. The van der Waals surface area contributed by atoms with Crippen molar-refractivity contribution in [3.05, 3.63) is 35.6 Å². The van der Waals surface area contributed by atoms with Gasteiger partial charge in [-0.15, -0.1) is 0 Å². The summed E-state index contributed by atoms with van der Waals surface area (Å²) < 4.78 is 12.8. The van der Waals surface area contributed by atoms with Gasteiger partial charge in [0.25, 0.3) is 0 Å². The molecule has 1 aromatic carbocycles. The van der Waals surface area contributed by atoms with Gasteiger partial charge in [0, 0.05) is 12.5 Å². The molecule has 0 aliphatic carbocycles. The van der Waals surface area contributed by atoms with Gasteiger partial charge in [-0.2, -0.15) is 0 Å². The molecule has 0 fully saturated rings. The Morgan fingerprint density at radius 3 is 2.44 bits per heavy atom. The summed E-state index contributed by atoms with van der Waals surface area (Å²) in [6.45, 7) is 7.30. The Hall–Kier alpha value is -1.42. The van der Waals surface area contributed by atoms with Crippen LogP contribution in [0.4, 0.5) is 4.39 Å². The van der Waals surface area contributed by atoms with Gasteiger partial charge in [-0.3, -0.25) is 4.79 Å². The standard InChI is InChI=1S/C14H21FN2O/c1-4-16-9-10(2)14(18)17-11(3)12-5-7-13(15)8-6-12/h5-8,10-11,16H,4,9H2,1-3H3,(H,17,18). The minimum absolute atomic E-state index is 0.00720. The van der Waals surface area contributed by atoms with Crippen molar-refractivity contribution in [3.8, 4) is 0 Å². The summed E-state index contributed by atoms with van der Waals surface area (Å²) in [6, 6.07) is 6.08. The van der Waals surface area contributed by atoms with E-state index in [1.165, 1.54) is 12.1 Å². The lowest BCUT2D eigenvalue weighted by molar-refractivity contribution is -0.125. The second-order valence-corrected chi connectivity index (χ2v) is 4.49. The zero-order chi connectivity index (χ0) is 13.5. The summed E-state index contributed by atoms with van der Waals surface area (Å²) in [5, 5.41) is 6.06. The number of carbonyl (C=O) groups is 1. The minimum Gasteiger partial charge on any atom is -0.349 e. The quantitative estimate of drug-likeness (QED) is 0.815. The topological polar surface area (TPSA) is 41.1 Å². The Bertz CT molecular complexity index is 378. The summed E-state index contributed by atoms with van der Waals surface area (Å²) >= 11 is 0. The van der Waals surface area contributed by atoms with Crippen LogP contribution in [0.15, 0.2) is 24.3 Å². The molecule has 0 aliphatic rings. The van der Waals surface area contributed by atoms with Crippen LogP contribution in [0.5, 0.6) is 0 Å². The van der Waals surface area contributed by atoms with E-state index in [9.17, 15) is 9.18 Å². The van der Waals surface area contributed by atoms with Crippen molar-refractivity contribution in [1.82, 2.24) is 10.6 Å². The van der Waals surface area contributed by atoms with E-state index in [-0.39, 0.29) is 23.7 Å². The molecule has 4 heteroatoms. The molecule has 2 atom stereocenters. The Morgan fingerprint density at radius 1 is 1.28 bits per heavy atom. The molecule has 0 spiro atoms. The first kappa shape index (κ1) is 14.6. The molecule has 0 saturated heterocycles. The van der Waals surface area contributed by atoms with E-state index in [1.54, 1.807) is 12.1 Å². The first-order valence-electron chi connectivity index (χ1n) is 6.31. The third-order valence-corrected chi connectivity index (χ3v) is 2.88. The molecule has 1 rings (SSSR count). The van der Waals surface area contributed by atoms with Crippen LogP contribution < -0.4 is 10.6 Å². The highest BCUT2D eigenvalue weighted by Crippen LogP contribution is 2.13. The fourth-order valence-electron chi connectivity index (χ4n) is 1.64. The van der Waals surface area contributed by atoms with Crippen LogP contribution in [-0.2, 0) is 4.79 Å². The van der Waals surface area contributed by atoms with Crippen LogP contribution in [0, 0.1) is 11.7 Å². The zero-order valence-electron chi connectivity index (χ0n) is 11.2. The maximum atomic E-state index is 12.8. The van der Waals surface area contributed by atoms with Gasteiger partial charge in [0.15, 0.2) is 0 Å². The first-order valence-corrected chi connectivity index (χ1v) is 6.31. The SMILES string of the molecule is CCNCC(C)C(=O)NC(C)c1ccc(F)cc1. The monoisotopic (exact) mass is 252 g/mol. The van der Waals surface area contributed by atoms with E-state index < -0.39 is 0 Å². The van der Waals surface area contributed by atoms with Crippen molar-refractivity contribution in [3.63, 3.8) is 0 Å². The van der Waals surface area contributed by atoms with Crippen molar-refractivity contribution >= 4 is 5.91 Å². The molecule has 3 nitrogen and oxygen atoms in total. The number of halogens is 1. The van der Waals surface area contributed by atoms with E-state index in [4.69, 9.17) is 0 Å². The van der Waals surface area contributed by atoms with Gasteiger partial charge < -0.3 is 10.6 Å². The molecule has 0 aromatic heterocycles. The molecule has 0 bridgehead atoms. The van der Waals surface area contributed by atoms with Crippen LogP contribution >= 0.6 is 0 Å². The highest BCUT2D eigenvalue weighted by atomic mass is 19.1. The highest BCUT2D eigenvalue weighted by molar-refractivity contribution is 5.78.